The van der Waals surface area contributed by atoms with Crippen molar-refractivity contribution in [2.75, 3.05) is 13.1 Å². The number of hydrogen-bond acceptors (Lipinski definition) is 5. The molecule has 1 aromatic carbocycles. The third kappa shape index (κ3) is 3.34. The van der Waals surface area contributed by atoms with Gasteiger partial charge in [0, 0.05) is 25.2 Å². The molecule has 0 radical (unpaired) electrons. The zero-order valence-electron chi connectivity index (χ0n) is 11.3. The first-order valence-electron chi connectivity index (χ1n) is 6.30. The molecule has 1 aliphatic rings. The number of β-amino-alcohol motifs (C(OH)–C–C–N with tert-alkyl or cyclic N) is 1. The van der Waals surface area contributed by atoms with E-state index in [9.17, 15) is 23.6 Å². The van der Waals surface area contributed by atoms with Gasteiger partial charge in [0.15, 0.2) is 0 Å². The quantitative estimate of drug-likeness (QED) is 0.670. The monoisotopic (exact) mass is 334 g/mol. The summed E-state index contributed by atoms with van der Waals surface area (Å²) in [4.78, 5) is 9.82. The second-order valence-corrected chi connectivity index (χ2v) is 7.62. The van der Waals surface area contributed by atoms with Gasteiger partial charge in [-0.3, -0.25) is 10.1 Å². The largest absolute Gasteiger partial charge is 0.389 e. The van der Waals surface area contributed by atoms with E-state index in [0.29, 0.717) is 12.8 Å². The van der Waals surface area contributed by atoms with Crippen LogP contribution in [0, 0.1) is 10.1 Å². The van der Waals surface area contributed by atoms with Gasteiger partial charge in [-0.15, -0.1) is 0 Å². The van der Waals surface area contributed by atoms with E-state index in [2.05, 4.69) is 0 Å². The number of halogens is 1. The second-order valence-electron chi connectivity index (χ2n) is 5.31. The van der Waals surface area contributed by atoms with Gasteiger partial charge >= 0.3 is 0 Å². The molecule has 21 heavy (non-hydrogen) atoms. The van der Waals surface area contributed by atoms with E-state index in [4.69, 9.17) is 11.6 Å². The summed E-state index contributed by atoms with van der Waals surface area (Å²) in [6, 6.07) is 3.23. The number of sulfonamides is 1. The Morgan fingerprint density at radius 1 is 1.48 bits per heavy atom. The summed E-state index contributed by atoms with van der Waals surface area (Å²) in [5.41, 5.74) is -1.36. The Morgan fingerprint density at radius 2 is 2.14 bits per heavy atom. The van der Waals surface area contributed by atoms with Gasteiger partial charge in [-0.2, -0.15) is 4.31 Å². The summed E-state index contributed by atoms with van der Waals surface area (Å²) < 4.78 is 26.2. The number of piperidine rings is 1. The van der Waals surface area contributed by atoms with E-state index < -0.39 is 20.5 Å². The van der Waals surface area contributed by atoms with Crippen molar-refractivity contribution < 1.29 is 18.4 Å². The van der Waals surface area contributed by atoms with Gasteiger partial charge in [0.2, 0.25) is 10.0 Å². The molecule has 1 atom stereocenters. The van der Waals surface area contributed by atoms with Gasteiger partial charge in [0.05, 0.1) is 15.5 Å². The maximum atomic E-state index is 12.5. The number of rotatable bonds is 3. The summed E-state index contributed by atoms with van der Waals surface area (Å²) >= 11 is 5.88. The Bertz CT molecular complexity index is 674. The van der Waals surface area contributed by atoms with Gasteiger partial charge in [0.1, 0.15) is 4.90 Å². The lowest BCUT2D eigenvalue weighted by molar-refractivity contribution is -0.384. The lowest BCUT2D eigenvalue weighted by Gasteiger charge is -2.36. The molecule has 2 rings (SSSR count). The highest BCUT2D eigenvalue weighted by molar-refractivity contribution is 7.89. The molecular formula is C12H15ClN2O5S. The predicted molar refractivity (Wildman–Crippen MR) is 76.7 cm³/mol. The van der Waals surface area contributed by atoms with Crippen LogP contribution in [0.3, 0.4) is 0 Å². The predicted octanol–water partition coefficient (Wildman–Crippen LogP) is 1.78. The first-order chi connectivity index (χ1) is 9.63. The van der Waals surface area contributed by atoms with E-state index in [0.717, 1.165) is 22.5 Å². The van der Waals surface area contributed by atoms with Crippen molar-refractivity contribution in [2.45, 2.75) is 30.3 Å². The van der Waals surface area contributed by atoms with Gasteiger partial charge in [-0.25, -0.2) is 8.42 Å². The van der Waals surface area contributed by atoms with Crippen LogP contribution in [0.2, 0.25) is 5.02 Å². The van der Waals surface area contributed by atoms with Crippen LogP contribution in [-0.4, -0.2) is 41.4 Å². The van der Waals surface area contributed by atoms with Gasteiger partial charge in [-0.1, -0.05) is 11.6 Å². The van der Waals surface area contributed by atoms with E-state index in [1.54, 1.807) is 6.92 Å². The Labute approximate surface area is 127 Å². The van der Waals surface area contributed by atoms with Gasteiger partial charge < -0.3 is 5.11 Å². The average molecular weight is 335 g/mol. The van der Waals surface area contributed by atoms with Crippen LogP contribution in [0.4, 0.5) is 5.69 Å². The number of nitrogens with zero attached hydrogens (tertiary/aromatic N) is 2. The van der Waals surface area contributed by atoms with E-state index in [1.807, 2.05) is 0 Å². The summed E-state index contributed by atoms with van der Waals surface area (Å²) in [5, 5.41) is 20.5. The van der Waals surface area contributed by atoms with Crippen LogP contribution in [0.25, 0.3) is 0 Å². The summed E-state index contributed by atoms with van der Waals surface area (Å²) in [6.07, 6.45) is 1.06. The summed E-state index contributed by atoms with van der Waals surface area (Å²) in [7, 11) is -3.89. The van der Waals surface area contributed by atoms with Crippen molar-refractivity contribution in [3.05, 3.63) is 33.3 Å². The molecule has 1 heterocycles. The van der Waals surface area contributed by atoms with Crippen LogP contribution >= 0.6 is 11.6 Å². The fourth-order valence-corrected chi connectivity index (χ4v) is 4.44. The van der Waals surface area contributed by atoms with Crippen LogP contribution in [0.15, 0.2) is 23.1 Å². The third-order valence-electron chi connectivity index (χ3n) is 3.38. The molecule has 0 aliphatic carbocycles. The highest BCUT2D eigenvalue weighted by Gasteiger charge is 2.36. The number of hydrogen-bond donors (Lipinski definition) is 1. The van der Waals surface area contributed by atoms with Crippen molar-refractivity contribution in [1.29, 1.82) is 0 Å². The zero-order valence-corrected chi connectivity index (χ0v) is 12.9. The summed E-state index contributed by atoms with van der Waals surface area (Å²) in [6.45, 7) is 1.83. The van der Waals surface area contributed by atoms with Crippen molar-refractivity contribution >= 4 is 27.3 Å². The fourth-order valence-electron chi connectivity index (χ4n) is 2.33. The molecule has 0 amide bonds. The van der Waals surface area contributed by atoms with Crippen LogP contribution < -0.4 is 0 Å². The molecular weight excluding hydrogens is 320 g/mol. The van der Waals surface area contributed by atoms with Crippen LogP contribution in [-0.2, 0) is 10.0 Å². The second kappa shape index (κ2) is 5.53. The Balaban J connectivity index is 2.38. The molecule has 1 aliphatic heterocycles. The van der Waals surface area contributed by atoms with Crippen LogP contribution in [0.5, 0.6) is 0 Å². The number of benzene rings is 1. The van der Waals surface area contributed by atoms with E-state index in [-0.39, 0.29) is 28.7 Å². The Morgan fingerprint density at radius 3 is 2.67 bits per heavy atom. The molecule has 1 fully saturated rings. The van der Waals surface area contributed by atoms with Crippen molar-refractivity contribution in [2.24, 2.45) is 0 Å². The molecule has 1 N–H and O–H groups in total. The maximum Gasteiger partial charge on any atom is 0.271 e. The van der Waals surface area contributed by atoms with Gasteiger partial charge in [-0.05, 0) is 25.8 Å². The fraction of sp³-hybridized carbons (Fsp3) is 0.500. The number of aliphatic hydroxyl groups is 1. The highest BCUT2D eigenvalue weighted by atomic mass is 35.5. The number of non-ortho nitro benzene ring substituents is 1. The van der Waals surface area contributed by atoms with E-state index in [1.165, 1.54) is 0 Å². The minimum Gasteiger partial charge on any atom is -0.389 e. The molecule has 0 bridgehead atoms. The molecule has 1 saturated heterocycles. The average Bonchev–Trinajstić information content (AvgIpc) is 2.36. The lowest BCUT2D eigenvalue weighted by Crippen LogP contribution is -2.48. The Kier molecular flexibility index (Phi) is 4.25. The third-order valence-corrected chi connectivity index (χ3v) is 5.71. The molecule has 0 aromatic heterocycles. The number of nitro groups is 1. The molecule has 0 saturated carbocycles. The Hall–Kier alpha value is -1.22. The first kappa shape index (κ1) is 16.2. The SMILES string of the molecule is CC1(O)CCCN(S(=O)(=O)c2ccc([N+](=O)[O-])cc2Cl)C1. The molecule has 1 aromatic rings. The highest BCUT2D eigenvalue weighted by Crippen LogP contribution is 2.31. The van der Waals surface area contributed by atoms with E-state index >= 15 is 0 Å². The molecule has 0 spiro atoms. The zero-order chi connectivity index (χ0) is 15.8. The van der Waals surface area contributed by atoms with Crippen LogP contribution in [0.1, 0.15) is 19.8 Å². The lowest BCUT2D eigenvalue weighted by atomic mass is 9.97. The smallest absolute Gasteiger partial charge is 0.271 e. The topological polar surface area (TPSA) is 101 Å². The van der Waals surface area contributed by atoms with Crippen molar-refractivity contribution in [3.8, 4) is 0 Å². The van der Waals surface area contributed by atoms with Gasteiger partial charge in [0.25, 0.3) is 5.69 Å². The molecule has 9 heteroatoms. The molecule has 116 valence electrons. The first-order valence-corrected chi connectivity index (χ1v) is 8.12. The van der Waals surface area contributed by atoms with Crippen molar-refractivity contribution in [3.63, 3.8) is 0 Å². The molecule has 1 unspecified atom stereocenters. The maximum absolute atomic E-state index is 12.5. The minimum atomic E-state index is -3.89. The number of nitro benzene ring substituents is 1. The summed E-state index contributed by atoms with van der Waals surface area (Å²) in [5.74, 6) is 0. The minimum absolute atomic E-state index is 0.0251. The standard InChI is InChI=1S/C12H15ClN2O5S/c1-12(16)5-2-6-14(8-12)21(19,20)11-4-3-9(15(17)18)7-10(11)13/h3-4,7,16H,2,5-6,8H2,1H3. The molecule has 7 nitrogen and oxygen atoms in total. The normalized spacial score (nSPS) is 24.0. The van der Waals surface area contributed by atoms with Crippen molar-refractivity contribution in [1.82, 2.24) is 4.31 Å².